The number of nitrogens with one attached hydrogen (secondary N) is 1. The number of carbonyl (C=O) groups is 1. The number of rotatable bonds is 3. The predicted molar refractivity (Wildman–Crippen MR) is 87.8 cm³/mol. The molecule has 25 heavy (non-hydrogen) atoms. The van der Waals surface area contributed by atoms with Gasteiger partial charge >= 0.3 is 12.3 Å². The Labute approximate surface area is 143 Å². The van der Waals surface area contributed by atoms with E-state index in [2.05, 4.69) is 5.32 Å². The largest absolute Gasteiger partial charge is 0.457 e. The Morgan fingerprint density at radius 3 is 1.80 bits per heavy atom. The Kier molecular flexibility index (Phi) is 5.25. The smallest absolute Gasteiger partial charge is 0.416 e. The van der Waals surface area contributed by atoms with E-state index in [9.17, 15) is 18.0 Å². The van der Waals surface area contributed by atoms with Crippen LogP contribution in [0.25, 0.3) is 0 Å². The number of alkyl halides is 3. The Hall–Kier alpha value is -2.70. The van der Waals surface area contributed by atoms with Crippen LogP contribution < -0.4 is 10.1 Å². The minimum Gasteiger partial charge on any atom is -0.457 e. The number of benzene rings is 2. The number of ether oxygens (including phenoxy) is 2. The number of hydrogen-bond donors (Lipinski definition) is 1. The molecule has 4 nitrogen and oxygen atoms in total. The highest BCUT2D eigenvalue weighted by Crippen LogP contribution is 2.31. The van der Waals surface area contributed by atoms with E-state index in [0.29, 0.717) is 11.4 Å². The van der Waals surface area contributed by atoms with Crippen LogP contribution in [0.15, 0.2) is 48.5 Å². The summed E-state index contributed by atoms with van der Waals surface area (Å²) in [4.78, 5) is 11.7. The summed E-state index contributed by atoms with van der Waals surface area (Å²) in [5.41, 5.74) is -0.832. The van der Waals surface area contributed by atoms with Crippen molar-refractivity contribution in [3.05, 3.63) is 54.1 Å². The standard InChI is InChI=1S/C18H18F3NO3/c1-17(2,3)25-16(23)22-13-6-10-15(11-7-13)24-14-8-4-12(5-9-14)18(19,20)21/h4-11H,1-3H3,(H,22,23). The van der Waals surface area contributed by atoms with Gasteiger partial charge in [-0.2, -0.15) is 13.2 Å². The van der Waals surface area contributed by atoms with E-state index < -0.39 is 23.4 Å². The molecule has 0 aromatic heterocycles. The molecule has 0 saturated heterocycles. The molecule has 0 heterocycles. The molecule has 7 heteroatoms. The quantitative estimate of drug-likeness (QED) is 0.753. The Balaban J connectivity index is 1.97. The van der Waals surface area contributed by atoms with Crippen LogP contribution in [-0.2, 0) is 10.9 Å². The third kappa shape index (κ3) is 6.02. The second-order valence-corrected chi connectivity index (χ2v) is 6.28. The zero-order valence-corrected chi connectivity index (χ0v) is 14.0. The molecule has 2 rings (SSSR count). The van der Waals surface area contributed by atoms with E-state index in [1.54, 1.807) is 45.0 Å². The van der Waals surface area contributed by atoms with Crippen molar-refractivity contribution < 1.29 is 27.4 Å². The number of hydrogen-bond acceptors (Lipinski definition) is 3. The Morgan fingerprint density at radius 2 is 1.36 bits per heavy atom. The number of anilines is 1. The van der Waals surface area contributed by atoms with Gasteiger partial charge in [-0.15, -0.1) is 0 Å². The van der Waals surface area contributed by atoms with E-state index in [4.69, 9.17) is 9.47 Å². The number of amides is 1. The van der Waals surface area contributed by atoms with Crippen LogP contribution in [0.4, 0.5) is 23.7 Å². The van der Waals surface area contributed by atoms with Gasteiger partial charge in [0.2, 0.25) is 0 Å². The molecule has 1 N–H and O–H groups in total. The molecule has 0 aliphatic carbocycles. The topological polar surface area (TPSA) is 47.6 Å². The lowest BCUT2D eigenvalue weighted by Crippen LogP contribution is -2.27. The van der Waals surface area contributed by atoms with Crippen molar-refractivity contribution in [3.63, 3.8) is 0 Å². The first-order valence-electron chi connectivity index (χ1n) is 7.48. The lowest BCUT2D eigenvalue weighted by atomic mass is 10.2. The van der Waals surface area contributed by atoms with Gasteiger partial charge in [0.25, 0.3) is 0 Å². The van der Waals surface area contributed by atoms with Crippen LogP contribution in [0.2, 0.25) is 0 Å². The monoisotopic (exact) mass is 353 g/mol. The van der Waals surface area contributed by atoms with E-state index >= 15 is 0 Å². The van der Waals surface area contributed by atoms with Gasteiger partial charge in [0.1, 0.15) is 17.1 Å². The van der Waals surface area contributed by atoms with Crippen molar-refractivity contribution in [3.8, 4) is 11.5 Å². The van der Waals surface area contributed by atoms with Gasteiger partial charge in [0.15, 0.2) is 0 Å². The predicted octanol–water partition coefficient (Wildman–Crippen LogP) is 5.84. The highest BCUT2D eigenvalue weighted by molar-refractivity contribution is 5.84. The first-order chi connectivity index (χ1) is 11.5. The molecule has 0 atom stereocenters. The summed E-state index contributed by atoms with van der Waals surface area (Å²) in [6, 6.07) is 10.8. The molecular weight excluding hydrogens is 335 g/mol. The van der Waals surface area contributed by atoms with Gasteiger partial charge in [0.05, 0.1) is 5.56 Å². The van der Waals surface area contributed by atoms with Crippen molar-refractivity contribution in [2.24, 2.45) is 0 Å². The van der Waals surface area contributed by atoms with Gasteiger partial charge in [-0.25, -0.2) is 4.79 Å². The molecule has 0 spiro atoms. The van der Waals surface area contributed by atoms with Crippen LogP contribution >= 0.6 is 0 Å². The molecule has 0 aliphatic heterocycles. The summed E-state index contributed by atoms with van der Waals surface area (Å²) < 4.78 is 48.1. The fourth-order valence-corrected chi connectivity index (χ4v) is 1.88. The molecule has 0 bridgehead atoms. The molecule has 0 radical (unpaired) electrons. The van der Waals surface area contributed by atoms with Crippen molar-refractivity contribution in [2.45, 2.75) is 32.5 Å². The van der Waals surface area contributed by atoms with Gasteiger partial charge in [-0.1, -0.05) is 0 Å². The highest BCUT2D eigenvalue weighted by Gasteiger charge is 2.30. The van der Waals surface area contributed by atoms with Crippen molar-refractivity contribution in [1.82, 2.24) is 0 Å². The van der Waals surface area contributed by atoms with Crippen molar-refractivity contribution >= 4 is 11.8 Å². The Bertz CT molecular complexity index is 717. The van der Waals surface area contributed by atoms with Crippen LogP contribution in [-0.4, -0.2) is 11.7 Å². The summed E-state index contributed by atoms with van der Waals surface area (Å²) in [6.07, 6.45) is -4.96. The maximum absolute atomic E-state index is 12.5. The van der Waals surface area contributed by atoms with Crippen molar-refractivity contribution in [2.75, 3.05) is 5.32 Å². The second-order valence-electron chi connectivity index (χ2n) is 6.28. The SMILES string of the molecule is CC(C)(C)OC(=O)Nc1ccc(Oc2ccc(C(F)(F)F)cc2)cc1. The van der Waals surface area contributed by atoms with Gasteiger partial charge in [0, 0.05) is 5.69 Å². The number of carbonyl (C=O) groups excluding carboxylic acids is 1. The van der Waals surface area contributed by atoms with Crippen LogP contribution in [0, 0.1) is 0 Å². The maximum atomic E-state index is 12.5. The van der Waals surface area contributed by atoms with Gasteiger partial charge in [-0.05, 0) is 69.3 Å². The van der Waals surface area contributed by atoms with E-state index in [1.807, 2.05) is 0 Å². The molecule has 2 aromatic carbocycles. The molecule has 2 aromatic rings. The molecule has 1 amide bonds. The third-order valence-corrected chi connectivity index (χ3v) is 2.92. The fourth-order valence-electron chi connectivity index (χ4n) is 1.88. The highest BCUT2D eigenvalue weighted by atomic mass is 19.4. The average Bonchev–Trinajstić information content (AvgIpc) is 2.47. The summed E-state index contributed by atoms with van der Waals surface area (Å²) in [7, 11) is 0. The number of halogens is 3. The van der Waals surface area contributed by atoms with E-state index in [0.717, 1.165) is 12.1 Å². The second kappa shape index (κ2) is 7.04. The third-order valence-electron chi connectivity index (χ3n) is 2.92. The molecule has 0 aliphatic rings. The average molecular weight is 353 g/mol. The molecule has 0 unspecified atom stereocenters. The molecular formula is C18H18F3NO3. The summed E-state index contributed by atoms with van der Waals surface area (Å²) in [5.74, 6) is 0.704. The zero-order chi connectivity index (χ0) is 18.7. The van der Waals surface area contributed by atoms with Crippen LogP contribution in [0.3, 0.4) is 0 Å². The lowest BCUT2D eigenvalue weighted by molar-refractivity contribution is -0.137. The normalized spacial score (nSPS) is 11.8. The minimum atomic E-state index is -4.38. The molecule has 0 saturated carbocycles. The van der Waals surface area contributed by atoms with E-state index in [-0.39, 0.29) is 5.75 Å². The summed E-state index contributed by atoms with van der Waals surface area (Å²) in [5, 5.41) is 2.57. The van der Waals surface area contributed by atoms with Crippen molar-refractivity contribution in [1.29, 1.82) is 0 Å². The summed E-state index contributed by atoms with van der Waals surface area (Å²) in [6.45, 7) is 5.27. The van der Waals surface area contributed by atoms with Gasteiger partial charge in [-0.3, -0.25) is 5.32 Å². The molecule has 134 valence electrons. The van der Waals surface area contributed by atoms with E-state index in [1.165, 1.54) is 12.1 Å². The zero-order valence-electron chi connectivity index (χ0n) is 14.0. The minimum absolute atomic E-state index is 0.279. The summed E-state index contributed by atoms with van der Waals surface area (Å²) >= 11 is 0. The Morgan fingerprint density at radius 1 is 0.880 bits per heavy atom. The first-order valence-corrected chi connectivity index (χ1v) is 7.48. The lowest BCUT2D eigenvalue weighted by Gasteiger charge is -2.19. The fraction of sp³-hybridized carbons (Fsp3) is 0.278. The van der Waals surface area contributed by atoms with Gasteiger partial charge < -0.3 is 9.47 Å². The van der Waals surface area contributed by atoms with Crippen LogP contribution in [0.5, 0.6) is 11.5 Å². The first kappa shape index (κ1) is 18.6. The van der Waals surface area contributed by atoms with Crippen LogP contribution in [0.1, 0.15) is 26.3 Å². The maximum Gasteiger partial charge on any atom is 0.416 e. The molecule has 0 fully saturated rings.